The van der Waals surface area contributed by atoms with E-state index in [1.165, 1.54) is 0 Å². The van der Waals surface area contributed by atoms with Crippen LogP contribution >= 0.6 is 0 Å². The van der Waals surface area contributed by atoms with Gasteiger partial charge >= 0.3 is 0 Å². The van der Waals surface area contributed by atoms with E-state index in [9.17, 15) is 4.79 Å². The van der Waals surface area contributed by atoms with Gasteiger partial charge in [0.05, 0.1) is 17.2 Å². The van der Waals surface area contributed by atoms with Crippen molar-refractivity contribution in [1.29, 1.82) is 0 Å². The summed E-state index contributed by atoms with van der Waals surface area (Å²) in [5.41, 5.74) is 6.32. The molecule has 1 aliphatic heterocycles. The zero-order valence-electron chi connectivity index (χ0n) is 20.1. The first-order valence-corrected chi connectivity index (χ1v) is 11.9. The van der Waals surface area contributed by atoms with E-state index in [0.29, 0.717) is 12.2 Å². The van der Waals surface area contributed by atoms with Gasteiger partial charge in [0, 0.05) is 55.6 Å². The van der Waals surface area contributed by atoms with Gasteiger partial charge in [-0.3, -0.25) is 14.3 Å². The molecule has 1 saturated heterocycles. The minimum absolute atomic E-state index is 0.164. The molecule has 0 aliphatic carbocycles. The quantitative estimate of drug-likeness (QED) is 0.351. The molecule has 7 heteroatoms. The van der Waals surface area contributed by atoms with Crippen LogP contribution < -0.4 is 9.80 Å². The SMILES string of the molecule is C#Cc1nc2cnc3ccc(-c4cccnc4N(C)C)cc3c2n1-c1ccc(N2CCCC2=O)cc1. The van der Waals surface area contributed by atoms with Crippen LogP contribution in [0, 0.1) is 12.3 Å². The lowest BCUT2D eigenvalue weighted by molar-refractivity contribution is -0.117. The Morgan fingerprint density at radius 3 is 2.53 bits per heavy atom. The van der Waals surface area contributed by atoms with Crippen molar-refractivity contribution in [2.45, 2.75) is 12.8 Å². The minimum atomic E-state index is 0.164. The van der Waals surface area contributed by atoms with Crippen molar-refractivity contribution in [3.63, 3.8) is 0 Å². The van der Waals surface area contributed by atoms with Crippen molar-refractivity contribution < 1.29 is 4.79 Å². The number of anilines is 2. The molecule has 0 atom stereocenters. The maximum atomic E-state index is 12.2. The second-order valence-corrected chi connectivity index (χ2v) is 9.07. The van der Waals surface area contributed by atoms with Gasteiger partial charge in [0.2, 0.25) is 5.91 Å². The van der Waals surface area contributed by atoms with Crippen molar-refractivity contribution in [3.05, 3.63) is 72.8 Å². The molecular formula is C29H24N6O. The number of amides is 1. The van der Waals surface area contributed by atoms with E-state index in [4.69, 9.17) is 11.4 Å². The van der Waals surface area contributed by atoms with E-state index in [1.54, 1.807) is 12.4 Å². The van der Waals surface area contributed by atoms with Crippen molar-refractivity contribution >= 4 is 39.3 Å². The highest BCUT2D eigenvalue weighted by Crippen LogP contribution is 2.34. The van der Waals surface area contributed by atoms with Crippen LogP contribution in [0.25, 0.3) is 38.8 Å². The second kappa shape index (κ2) is 8.51. The second-order valence-electron chi connectivity index (χ2n) is 9.07. The first-order chi connectivity index (χ1) is 17.5. The van der Waals surface area contributed by atoms with E-state index in [2.05, 4.69) is 34.1 Å². The van der Waals surface area contributed by atoms with Crippen LogP contribution in [0.4, 0.5) is 11.5 Å². The molecule has 0 spiro atoms. The van der Waals surface area contributed by atoms with Gasteiger partial charge in [-0.05, 0) is 66.4 Å². The molecular weight excluding hydrogens is 448 g/mol. The molecule has 36 heavy (non-hydrogen) atoms. The average molecular weight is 473 g/mol. The van der Waals surface area contributed by atoms with Crippen molar-refractivity contribution in [2.75, 3.05) is 30.4 Å². The standard InChI is InChI=1S/C29H24N6O/c1-4-26-32-25-18-31-24-14-9-19(22-7-5-15-30-29(22)33(2)3)17-23(24)28(25)35(26)21-12-10-20(11-13-21)34-16-6-8-27(34)36/h1,5,7,9-15,17-18H,6,8,16H2,2-3H3. The van der Waals surface area contributed by atoms with E-state index in [1.807, 2.05) is 64.9 Å². The van der Waals surface area contributed by atoms with Gasteiger partial charge in [0.15, 0.2) is 5.82 Å². The fourth-order valence-electron chi connectivity index (χ4n) is 4.95. The summed E-state index contributed by atoms with van der Waals surface area (Å²) < 4.78 is 1.99. The topological polar surface area (TPSA) is 67.2 Å². The Morgan fingerprint density at radius 2 is 1.81 bits per heavy atom. The lowest BCUT2D eigenvalue weighted by Crippen LogP contribution is -2.23. The number of pyridine rings is 2. The summed E-state index contributed by atoms with van der Waals surface area (Å²) >= 11 is 0. The summed E-state index contributed by atoms with van der Waals surface area (Å²) in [5, 5.41) is 0.950. The van der Waals surface area contributed by atoms with Crippen molar-refractivity contribution in [2.24, 2.45) is 0 Å². The van der Waals surface area contributed by atoms with Gasteiger partial charge < -0.3 is 9.80 Å². The lowest BCUT2D eigenvalue weighted by Gasteiger charge is -2.17. The zero-order chi connectivity index (χ0) is 24.8. The molecule has 4 heterocycles. The van der Waals surface area contributed by atoms with Crippen molar-refractivity contribution in [1.82, 2.24) is 19.5 Å². The summed E-state index contributed by atoms with van der Waals surface area (Å²) in [6.07, 6.45) is 11.0. The summed E-state index contributed by atoms with van der Waals surface area (Å²) in [5.74, 6) is 4.30. The smallest absolute Gasteiger partial charge is 0.227 e. The van der Waals surface area contributed by atoms with E-state index in [-0.39, 0.29) is 5.91 Å². The fraction of sp³-hybridized carbons (Fsp3) is 0.172. The Balaban J connectivity index is 1.55. The van der Waals surface area contributed by atoms with Crippen molar-refractivity contribution in [3.8, 4) is 29.2 Å². The molecule has 2 aromatic carbocycles. The lowest BCUT2D eigenvalue weighted by atomic mass is 10.0. The Bertz CT molecular complexity index is 1680. The predicted octanol–water partition coefficient (Wildman–Crippen LogP) is 4.81. The van der Waals surface area contributed by atoms with E-state index in [0.717, 1.165) is 63.2 Å². The average Bonchev–Trinajstić information content (AvgIpc) is 3.51. The minimum Gasteiger partial charge on any atom is -0.362 e. The maximum Gasteiger partial charge on any atom is 0.227 e. The maximum absolute atomic E-state index is 12.2. The molecule has 176 valence electrons. The van der Waals surface area contributed by atoms with Gasteiger partial charge in [0.1, 0.15) is 11.3 Å². The Morgan fingerprint density at radius 1 is 1.00 bits per heavy atom. The summed E-state index contributed by atoms with van der Waals surface area (Å²) in [6, 6.07) is 18.1. The number of benzene rings is 2. The summed E-state index contributed by atoms with van der Waals surface area (Å²) in [7, 11) is 3.97. The number of imidazole rings is 1. The number of aromatic nitrogens is 4. The van der Waals surface area contributed by atoms with Gasteiger partial charge in [-0.25, -0.2) is 9.97 Å². The fourth-order valence-corrected chi connectivity index (χ4v) is 4.95. The third-order valence-electron chi connectivity index (χ3n) is 6.63. The van der Waals surface area contributed by atoms with Crippen LogP contribution in [0.3, 0.4) is 0 Å². The van der Waals surface area contributed by atoms with Crippen LogP contribution in [0.2, 0.25) is 0 Å². The van der Waals surface area contributed by atoms with E-state index < -0.39 is 0 Å². The number of hydrogen-bond acceptors (Lipinski definition) is 5. The van der Waals surface area contributed by atoms with Crippen LogP contribution in [0.1, 0.15) is 18.7 Å². The Kier molecular flexibility index (Phi) is 5.15. The highest BCUT2D eigenvalue weighted by Gasteiger charge is 2.22. The largest absolute Gasteiger partial charge is 0.362 e. The van der Waals surface area contributed by atoms with Crippen LogP contribution in [0.5, 0.6) is 0 Å². The third-order valence-corrected chi connectivity index (χ3v) is 6.63. The van der Waals surface area contributed by atoms with Gasteiger partial charge in [-0.15, -0.1) is 6.42 Å². The summed E-state index contributed by atoms with van der Waals surface area (Å²) in [6.45, 7) is 0.754. The normalized spacial score (nSPS) is 13.5. The zero-order valence-corrected chi connectivity index (χ0v) is 20.1. The molecule has 5 aromatic rings. The molecule has 7 nitrogen and oxygen atoms in total. The molecule has 0 N–H and O–H groups in total. The van der Waals surface area contributed by atoms with E-state index >= 15 is 0 Å². The van der Waals surface area contributed by atoms with Crippen LogP contribution in [-0.2, 0) is 4.79 Å². The molecule has 1 fully saturated rings. The molecule has 0 saturated carbocycles. The predicted molar refractivity (Wildman–Crippen MR) is 143 cm³/mol. The van der Waals surface area contributed by atoms with Gasteiger partial charge in [-0.2, -0.15) is 0 Å². The monoisotopic (exact) mass is 472 g/mol. The molecule has 1 amide bonds. The third kappa shape index (κ3) is 3.46. The number of rotatable bonds is 4. The number of hydrogen-bond donors (Lipinski definition) is 0. The van der Waals surface area contributed by atoms with Crippen LogP contribution in [0.15, 0.2) is 67.0 Å². The van der Waals surface area contributed by atoms with Gasteiger partial charge in [0.25, 0.3) is 0 Å². The van der Waals surface area contributed by atoms with Crippen LogP contribution in [-0.4, -0.2) is 46.1 Å². The number of fused-ring (bicyclic) bond motifs is 3. The summed E-state index contributed by atoms with van der Waals surface area (Å²) in [4.78, 5) is 29.9. The highest BCUT2D eigenvalue weighted by molar-refractivity contribution is 6.05. The molecule has 0 radical (unpaired) electrons. The van der Waals surface area contributed by atoms with Gasteiger partial charge in [-0.1, -0.05) is 6.07 Å². The molecule has 6 rings (SSSR count). The number of carbonyl (C=O) groups is 1. The first kappa shape index (κ1) is 21.8. The number of terminal acetylenes is 1. The number of carbonyl (C=O) groups excluding carboxylic acids is 1. The molecule has 1 aliphatic rings. The number of nitrogens with zero attached hydrogens (tertiary/aromatic N) is 6. The molecule has 3 aromatic heterocycles. The first-order valence-electron chi connectivity index (χ1n) is 11.9. The highest BCUT2D eigenvalue weighted by atomic mass is 16.2. The Labute approximate surface area is 209 Å². The molecule has 0 unspecified atom stereocenters. The Hall–Kier alpha value is -4.70. The molecule has 0 bridgehead atoms.